The van der Waals surface area contributed by atoms with Gasteiger partial charge in [-0.3, -0.25) is 4.79 Å². The second-order valence-electron chi connectivity index (χ2n) is 4.31. The number of alkyl halides is 3. The molecule has 0 spiro atoms. The van der Waals surface area contributed by atoms with Crippen molar-refractivity contribution in [2.75, 3.05) is 11.9 Å². The molecule has 0 aromatic heterocycles. The number of rotatable bonds is 5. The molecular weight excluding hydrogens is 275 g/mol. The Morgan fingerprint density at radius 3 is 2.65 bits per heavy atom. The SMILES string of the molecule is CC[C@@H](C)OCC(=O)Nc1ccc(O)c(C(F)(F)F)c1. The third kappa shape index (κ3) is 4.73. The first kappa shape index (κ1) is 16.3. The quantitative estimate of drug-likeness (QED) is 0.819. The lowest BCUT2D eigenvalue weighted by Crippen LogP contribution is -2.21. The van der Waals surface area contributed by atoms with Crippen LogP contribution in [0.3, 0.4) is 0 Å². The normalized spacial score (nSPS) is 13.1. The summed E-state index contributed by atoms with van der Waals surface area (Å²) in [5, 5.41) is 11.4. The first-order valence-corrected chi connectivity index (χ1v) is 6.05. The minimum absolute atomic E-state index is 0.0483. The van der Waals surface area contributed by atoms with Crippen LogP contribution in [0.4, 0.5) is 18.9 Å². The van der Waals surface area contributed by atoms with Gasteiger partial charge in [-0.15, -0.1) is 0 Å². The number of benzene rings is 1. The maximum absolute atomic E-state index is 12.6. The number of anilines is 1. The summed E-state index contributed by atoms with van der Waals surface area (Å²) >= 11 is 0. The van der Waals surface area contributed by atoms with Gasteiger partial charge in [0, 0.05) is 5.69 Å². The van der Waals surface area contributed by atoms with E-state index in [9.17, 15) is 18.0 Å². The van der Waals surface area contributed by atoms with Crippen molar-refractivity contribution in [2.24, 2.45) is 0 Å². The fourth-order valence-corrected chi connectivity index (χ4v) is 1.37. The fourth-order valence-electron chi connectivity index (χ4n) is 1.37. The fraction of sp³-hybridized carbons (Fsp3) is 0.462. The number of phenolic OH excluding ortho intramolecular Hbond substituents is 1. The van der Waals surface area contributed by atoms with Crippen molar-refractivity contribution in [2.45, 2.75) is 32.5 Å². The number of nitrogens with one attached hydrogen (secondary N) is 1. The predicted molar refractivity (Wildman–Crippen MR) is 67.4 cm³/mol. The zero-order valence-corrected chi connectivity index (χ0v) is 11.1. The highest BCUT2D eigenvalue weighted by Gasteiger charge is 2.34. The Hall–Kier alpha value is -1.76. The highest BCUT2D eigenvalue weighted by molar-refractivity contribution is 5.91. The first-order chi connectivity index (χ1) is 9.24. The molecule has 0 radical (unpaired) electrons. The largest absolute Gasteiger partial charge is 0.507 e. The molecule has 1 amide bonds. The summed E-state index contributed by atoms with van der Waals surface area (Å²) in [5.41, 5.74) is -1.24. The topological polar surface area (TPSA) is 58.6 Å². The van der Waals surface area contributed by atoms with Crippen LogP contribution in [0.2, 0.25) is 0 Å². The Bertz CT molecular complexity index is 474. The van der Waals surface area contributed by atoms with Crippen molar-refractivity contribution < 1.29 is 27.8 Å². The highest BCUT2D eigenvalue weighted by Crippen LogP contribution is 2.37. The monoisotopic (exact) mass is 291 g/mol. The number of halogens is 3. The number of carbonyl (C=O) groups excluding carboxylic acids is 1. The maximum atomic E-state index is 12.6. The number of hydrogen-bond acceptors (Lipinski definition) is 3. The molecule has 0 saturated heterocycles. The second-order valence-corrected chi connectivity index (χ2v) is 4.31. The average Bonchev–Trinajstić information content (AvgIpc) is 2.37. The summed E-state index contributed by atoms with van der Waals surface area (Å²) < 4.78 is 42.9. The minimum atomic E-state index is -4.68. The van der Waals surface area contributed by atoms with Gasteiger partial charge in [0.05, 0.1) is 11.7 Å². The Balaban J connectivity index is 2.71. The van der Waals surface area contributed by atoms with Crippen LogP contribution in [-0.2, 0) is 15.7 Å². The predicted octanol–water partition coefficient (Wildman–Crippen LogP) is 3.16. The van der Waals surface area contributed by atoms with Gasteiger partial charge in [0.25, 0.3) is 0 Å². The zero-order valence-electron chi connectivity index (χ0n) is 11.1. The van der Waals surface area contributed by atoms with Crippen LogP contribution in [0.25, 0.3) is 0 Å². The van der Waals surface area contributed by atoms with Gasteiger partial charge in [0.1, 0.15) is 12.4 Å². The van der Waals surface area contributed by atoms with E-state index in [1.54, 1.807) is 6.92 Å². The first-order valence-electron chi connectivity index (χ1n) is 6.05. The highest BCUT2D eigenvalue weighted by atomic mass is 19.4. The van der Waals surface area contributed by atoms with Crippen molar-refractivity contribution in [1.82, 2.24) is 0 Å². The van der Waals surface area contributed by atoms with Crippen LogP contribution in [-0.4, -0.2) is 23.7 Å². The molecule has 7 heteroatoms. The lowest BCUT2D eigenvalue weighted by Gasteiger charge is -2.13. The molecule has 4 nitrogen and oxygen atoms in total. The number of ether oxygens (including phenoxy) is 1. The van der Waals surface area contributed by atoms with E-state index in [0.717, 1.165) is 12.5 Å². The summed E-state index contributed by atoms with van der Waals surface area (Å²) in [6.45, 7) is 3.44. The van der Waals surface area contributed by atoms with Gasteiger partial charge in [0.2, 0.25) is 5.91 Å². The molecule has 0 saturated carbocycles. The molecule has 2 N–H and O–H groups in total. The third-order valence-corrected chi connectivity index (χ3v) is 2.66. The summed E-state index contributed by atoms with van der Waals surface area (Å²) in [5.74, 6) is -1.43. The molecule has 0 heterocycles. The lowest BCUT2D eigenvalue weighted by atomic mass is 10.1. The van der Waals surface area contributed by atoms with Gasteiger partial charge >= 0.3 is 6.18 Å². The molecule has 0 aliphatic rings. The minimum Gasteiger partial charge on any atom is -0.507 e. The summed E-state index contributed by atoms with van der Waals surface area (Å²) in [6, 6.07) is 2.75. The summed E-state index contributed by atoms with van der Waals surface area (Å²) in [4.78, 5) is 11.5. The molecule has 0 bridgehead atoms. The molecule has 1 aromatic rings. The van der Waals surface area contributed by atoms with E-state index < -0.39 is 23.4 Å². The van der Waals surface area contributed by atoms with Gasteiger partial charge in [-0.2, -0.15) is 13.2 Å². The van der Waals surface area contributed by atoms with Crippen molar-refractivity contribution in [3.8, 4) is 5.75 Å². The summed E-state index contributed by atoms with van der Waals surface area (Å²) in [7, 11) is 0. The molecule has 20 heavy (non-hydrogen) atoms. The third-order valence-electron chi connectivity index (χ3n) is 2.66. The van der Waals surface area contributed by atoms with Gasteiger partial charge in [0.15, 0.2) is 0 Å². The van der Waals surface area contributed by atoms with Crippen molar-refractivity contribution in [3.63, 3.8) is 0 Å². The van der Waals surface area contributed by atoms with Crippen LogP contribution in [0, 0.1) is 0 Å². The number of aromatic hydroxyl groups is 1. The number of amides is 1. The average molecular weight is 291 g/mol. The Labute approximate surface area is 114 Å². The molecule has 0 aliphatic heterocycles. The van der Waals surface area contributed by atoms with Crippen molar-refractivity contribution in [1.29, 1.82) is 0 Å². The second kappa shape index (κ2) is 6.60. The van der Waals surface area contributed by atoms with Gasteiger partial charge in [-0.1, -0.05) is 6.92 Å². The lowest BCUT2D eigenvalue weighted by molar-refractivity contribution is -0.138. The molecular formula is C13H16F3NO3. The number of hydrogen-bond donors (Lipinski definition) is 2. The number of carbonyl (C=O) groups is 1. The van der Waals surface area contributed by atoms with Crippen LogP contribution < -0.4 is 5.32 Å². The van der Waals surface area contributed by atoms with E-state index in [-0.39, 0.29) is 18.4 Å². The zero-order chi connectivity index (χ0) is 15.3. The van der Waals surface area contributed by atoms with Gasteiger partial charge in [-0.05, 0) is 31.5 Å². The van der Waals surface area contributed by atoms with Crippen LogP contribution >= 0.6 is 0 Å². The molecule has 1 aromatic carbocycles. The van der Waals surface area contributed by atoms with Crippen molar-refractivity contribution in [3.05, 3.63) is 23.8 Å². The molecule has 1 rings (SSSR count). The van der Waals surface area contributed by atoms with E-state index >= 15 is 0 Å². The summed E-state index contributed by atoms with van der Waals surface area (Å²) in [6.07, 6.45) is -4.06. The Morgan fingerprint density at radius 1 is 1.45 bits per heavy atom. The molecule has 0 unspecified atom stereocenters. The smallest absolute Gasteiger partial charge is 0.420 e. The van der Waals surface area contributed by atoms with E-state index in [1.807, 2.05) is 6.92 Å². The van der Waals surface area contributed by atoms with E-state index in [4.69, 9.17) is 9.84 Å². The van der Waals surface area contributed by atoms with Crippen molar-refractivity contribution >= 4 is 11.6 Å². The number of phenols is 1. The standard InChI is InChI=1S/C13H16F3NO3/c1-3-8(2)20-7-12(19)17-9-4-5-11(18)10(6-9)13(14,15)16/h4-6,8,18H,3,7H2,1-2H3,(H,17,19)/t8-/m1/s1. The molecule has 0 aliphatic carbocycles. The van der Waals surface area contributed by atoms with Gasteiger partial charge in [-0.25, -0.2) is 0 Å². The Morgan fingerprint density at radius 2 is 2.10 bits per heavy atom. The molecule has 112 valence electrons. The Kier molecular flexibility index (Phi) is 5.38. The van der Waals surface area contributed by atoms with E-state index in [1.165, 1.54) is 6.07 Å². The van der Waals surface area contributed by atoms with Crippen LogP contribution in [0.15, 0.2) is 18.2 Å². The van der Waals surface area contributed by atoms with Gasteiger partial charge < -0.3 is 15.2 Å². The molecule has 0 fully saturated rings. The van der Waals surface area contributed by atoms with Crippen LogP contribution in [0.1, 0.15) is 25.8 Å². The van der Waals surface area contributed by atoms with Crippen LogP contribution in [0.5, 0.6) is 5.75 Å². The molecule has 1 atom stereocenters. The maximum Gasteiger partial charge on any atom is 0.420 e. The van der Waals surface area contributed by atoms with E-state index in [2.05, 4.69) is 5.32 Å². The van der Waals surface area contributed by atoms with E-state index in [0.29, 0.717) is 6.07 Å².